The van der Waals surface area contributed by atoms with Crippen LogP contribution < -0.4 is 0 Å². The summed E-state index contributed by atoms with van der Waals surface area (Å²) in [5.41, 5.74) is 1.14. The first kappa shape index (κ1) is 11.6. The average Bonchev–Trinajstić information content (AvgIpc) is 2.32. The number of carbonyl (C=O) groups is 1. The minimum absolute atomic E-state index is 0.0397. The minimum atomic E-state index is -1.07. The van der Waals surface area contributed by atoms with Gasteiger partial charge in [0.05, 0.1) is 12.4 Å². The van der Waals surface area contributed by atoms with Gasteiger partial charge in [0.15, 0.2) is 5.69 Å². The minimum Gasteiger partial charge on any atom is -0.476 e. The van der Waals surface area contributed by atoms with Crippen molar-refractivity contribution in [3.63, 3.8) is 0 Å². The zero-order chi connectivity index (χ0) is 12.3. The van der Waals surface area contributed by atoms with Gasteiger partial charge in [-0.2, -0.15) is 0 Å². The molecule has 0 saturated heterocycles. The molecular weight excluding hydrogens is 236 g/mol. The second-order valence-corrected chi connectivity index (χ2v) is 4.56. The molecule has 0 saturated carbocycles. The molecule has 86 valence electrons. The molecule has 0 bridgehead atoms. The number of aromatic nitrogens is 2. The SMILES string of the molecule is Cc1ccc(Sc2cncc(C(=O)O)n2)cc1. The number of aryl methyl sites for hydroxylation is 1. The van der Waals surface area contributed by atoms with Gasteiger partial charge in [0.2, 0.25) is 0 Å². The van der Waals surface area contributed by atoms with Crippen LogP contribution in [0.15, 0.2) is 46.6 Å². The molecule has 1 N–H and O–H groups in total. The molecule has 0 aliphatic heterocycles. The molecule has 0 unspecified atom stereocenters. The smallest absolute Gasteiger partial charge is 0.356 e. The lowest BCUT2D eigenvalue weighted by atomic mass is 10.2. The molecule has 5 heteroatoms. The van der Waals surface area contributed by atoms with Gasteiger partial charge in [-0.1, -0.05) is 29.5 Å². The van der Waals surface area contributed by atoms with Gasteiger partial charge in [0, 0.05) is 4.90 Å². The standard InChI is InChI=1S/C12H10N2O2S/c1-8-2-4-9(5-3-8)17-11-7-13-6-10(14-11)12(15)16/h2-7H,1H3,(H,15,16). The molecule has 1 heterocycles. The summed E-state index contributed by atoms with van der Waals surface area (Å²) in [5.74, 6) is -1.07. The van der Waals surface area contributed by atoms with Crippen molar-refractivity contribution in [2.24, 2.45) is 0 Å². The lowest BCUT2D eigenvalue weighted by molar-refractivity contribution is 0.0689. The molecule has 1 aromatic carbocycles. The quantitative estimate of drug-likeness (QED) is 0.902. The zero-order valence-electron chi connectivity index (χ0n) is 9.12. The molecule has 0 radical (unpaired) electrons. The first-order valence-electron chi connectivity index (χ1n) is 4.95. The number of rotatable bonds is 3. The van der Waals surface area contributed by atoms with Crippen molar-refractivity contribution in [3.05, 3.63) is 47.9 Å². The van der Waals surface area contributed by atoms with Crippen LogP contribution in [0.5, 0.6) is 0 Å². The summed E-state index contributed by atoms with van der Waals surface area (Å²) in [6.45, 7) is 2.01. The molecule has 1 aromatic heterocycles. The van der Waals surface area contributed by atoms with E-state index in [9.17, 15) is 4.79 Å². The lowest BCUT2D eigenvalue weighted by Crippen LogP contribution is -2.01. The Bertz CT molecular complexity index is 540. The maximum atomic E-state index is 10.7. The van der Waals surface area contributed by atoms with Crippen molar-refractivity contribution in [3.8, 4) is 0 Å². The molecule has 2 rings (SSSR count). The van der Waals surface area contributed by atoms with Gasteiger partial charge < -0.3 is 5.11 Å². The number of carboxylic acids is 1. The monoisotopic (exact) mass is 246 g/mol. The third kappa shape index (κ3) is 3.04. The molecule has 0 fully saturated rings. The Morgan fingerprint density at radius 1 is 1.24 bits per heavy atom. The predicted octanol–water partition coefficient (Wildman–Crippen LogP) is 2.63. The van der Waals surface area contributed by atoms with E-state index in [0.717, 1.165) is 4.90 Å². The van der Waals surface area contributed by atoms with E-state index >= 15 is 0 Å². The number of nitrogens with zero attached hydrogens (tertiary/aromatic N) is 2. The average molecular weight is 246 g/mol. The van der Waals surface area contributed by atoms with Crippen LogP contribution in [0.4, 0.5) is 0 Å². The van der Waals surface area contributed by atoms with E-state index in [0.29, 0.717) is 5.03 Å². The summed E-state index contributed by atoms with van der Waals surface area (Å²) in [6, 6.07) is 7.93. The molecule has 0 amide bonds. The molecule has 17 heavy (non-hydrogen) atoms. The van der Waals surface area contributed by atoms with Crippen molar-refractivity contribution in [2.45, 2.75) is 16.8 Å². The Morgan fingerprint density at radius 2 is 1.94 bits per heavy atom. The summed E-state index contributed by atoms with van der Waals surface area (Å²) in [4.78, 5) is 19.6. The van der Waals surface area contributed by atoms with Crippen LogP contribution in [0.1, 0.15) is 16.1 Å². The van der Waals surface area contributed by atoms with Crippen LogP contribution in [0.3, 0.4) is 0 Å². The topological polar surface area (TPSA) is 63.1 Å². The van der Waals surface area contributed by atoms with E-state index in [1.165, 1.54) is 23.5 Å². The van der Waals surface area contributed by atoms with E-state index in [2.05, 4.69) is 9.97 Å². The molecule has 0 aliphatic rings. The van der Waals surface area contributed by atoms with Gasteiger partial charge in [0.25, 0.3) is 0 Å². The fourth-order valence-corrected chi connectivity index (χ4v) is 2.00. The second kappa shape index (κ2) is 4.97. The summed E-state index contributed by atoms with van der Waals surface area (Å²) in [6.07, 6.45) is 2.79. The van der Waals surface area contributed by atoms with Gasteiger partial charge >= 0.3 is 5.97 Å². The number of hydrogen-bond acceptors (Lipinski definition) is 4. The zero-order valence-corrected chi connectivity index (χ0v) is 9.94. The Kier molecular flexibility index (Phi) is 3.39. The van der Waals surface area contributed by atoms with E-state index in [1.54, 1.807) is 6.20 Å². The van der Waals surface area contributed by atoms with Crippen LogP contribution in [-0.4, -0.2) is 21.0 Å². The Labute approximate surface area is 103 Å². The van der Waals surface area contributed by atoms with Gasteiger partial charge in [-0.15, -0.1) is 0 Å². The Balaban J connectivity index is 2.21. The van der Waals surface area contributed by atoms with Gasteiger partial charge in [-0.05, 0) is 19.1 Å². The number of aromatic carboxylic acids is 1. The molecule has 0 aliphatic carbocycles. The molecule has 0 spiro atoms. The highest BCUT2D eigenvalue weighted by Gasteiger charge is 2.06. The van der Waals surface area contributed by atoms with Crippen molar-refractivity contribution in [1.82, 2.24) is 9.97 Å². The fourth-order valence-electron chi connectivity index (χ4n) is 1.23. The number of hydrogen-bond donors (Lipinski definition) is 1. The van der Waals surface area contributed by atoms with Crippen LogP contribution >= 0.6 is 11.8 Å². The lowest BCUT2D eigenvalue weighted by Gasteiger charge is -2.01. The summed E-state index contributed by atoms with van der Waals surface area (Å²) >= 11 is 1.39. The third-order valence-electron chi connectivity index (χ3n) is 2.07. The second-order valence-electron chi connectivity index (χ2n) is 3.46. The summed E-state index contributed by atoms with van der Waals surface area (Å²) in [5, 5.41) is 9.38. The highest BCUT2D eigenvalue weighted by molar-refractivity contribution is 7.99. The maximum Gasteiger partial charge on any atom is 0.356 e. The highest BCUT2D eigenvalue weighted by atomic mass is 32.2. The van der Waals surface area contributed by atoms with Gasteiger partial charge in [-0.25, -0.2) is 9.78 Å². The normalized spacial score (nSPS) is 10.2. The fraction of sp³-hybridized carbons (Fsp3) is 0.0833. The van der Waals surface area contributed by atoms with E-state index < -0.39 is 5.97 Å². The first-order chi connectivity index (χ1) is 8.15. The van der Waals surface area contributed by atoms with Crippen molar-refractivity contribution < 1.29 is 9.90 Å². The van der Waals surface area contributed by atoms with Gasteiger partial charge in [-0.3, -0.25) is 4.98 Å². The van der Waals surface area contributed by atoms with E-state index in [4.69, 9.17) is 5.11 Å². The Hall–Kier alpha value is -1.88. The Morgan fingerprint density at radius 3 is 2.59 bits per heavy atom. The van der Waals surface area contributed by atoms with Crippen LogP contribution in [0.2, 0.25) is 0 Å². The van der Waals surface area contributed by atoms with E-state index in [-0.39, 0.29) is 5.69 Å². The molecule has 4 nitrogen and oxygen atoms in total. The molecule has 2 aromatic rings. The largest absolute Gasteiger partial charge is 0.476 e. The molecule has 0 atom stereocenters. The predicted molar refractivity (Wildman–Crippen MR) is 64.3 cm³/mol. The van der Waals surface area contributed by atoms with Crippen LogP contribution in [-0.2, 0) is 0 Å². The van der Waals surface area contributed by atoms with Crippen molar-refractivity contribution in [1.29, 1.82) is 0 Å². The number of benzene rings is 1. The van der Waals surface area contributed by atoms with Crippen LogP contribution in [0, 0.1) is 6.92 Å². The van der Waals surface area contributed by atoms with Crippen molar-refractivity contribution in [2.75, 3.05) is 0 Å². The van der Waals surface area contributed by atoms with Crippen LogP contribution in [0.25, 0.3) is 0 Å². The summed E-state index contributed by atoms with van der Waals surface area (Å²) < 4.78 is 0. The van der Waals surface area contributed by atoms with Crippen molar-refractivity contribution >= 4 is 17.7 Å². The highest BCUT2D eigenvalue weighted by Crippen LogP contribution is 2.25. The van der Waals surface area contributed by atoms with E-state index in [1.807, 2.05) is 31.2 Å². The van der Waals surface area contributed by atoms with Gasteiger partial charge in [0.1, 0.15) is 5.03 Å². The third-order valence-corrected chi connectivity index (χ3v) is 2.99. The maximum absolute atomic E-state index is 10.7. The number of carboxylic acid groups (broad SMARTS) is 1. The summed E-state index contributed by atoms with van der Waals surface area (Å²) in [7, 11) is 0. The first-order valence-corrected chi connectivity index (χ1v) is 5.76. The molecular formula is C12H10N2O2S.